The fourth-order valence-electron chi connectivity index (χ4n) is 3.13. The third-order valence-corrected chi connectivity index (χ3v) is 5.59. The molecule has 1 fully saturated rings. The predicted molar refractivity (Wildman–Crippen MR) is 79.7 cm³/mol. The van der Waals surface area contributed by atoms with Gasteiger partial charge >= 0.3 is 0 Å². The minimum Gasteiger partial charge on any atom is -0.241 e. The van der Waals surface area contributed by atoms with Gasteiger partial charge in [-0.25, -0.2) is 22.5 Å². The van der Waals surface area contributed by atoms with Gasteiger partial charge in [-0.3, -0.25) is 0 Å². The summed E-state index contributed by atoms with van der Waals surface area (Å²) in [4.78, 5) is 3.68. The van der Waals surface area contributed by atoms with Crippen LogP contribution in [0.1, 0.15) is 46.5 Å². The summed E-state index contributed by atoms with van der Waals surface area (Å²) in [6, 6.07) is 2.33. The fraction of sp³-hybridized carbons (Fsp3) is 0.667. The lowest BCUT2D eigenvalue weighted by molar-refractivity contribution is 0.144. The van der Waals surface area contributed by atoms with Crippen molar-refractivity contribution in [1.29, 1.82) is 0 Å². The number of sulfonamides is 1. The van der Waals surface area contributed by atoms with Gasteiger partial charge in [0, 0.05) is 12.2 Å². The second-order valence-electron chi connectivity index (χ2n) is 6.78. The number of aromatic nitrogens is 1. The van der Waals surface area contributed by atoms with Crippen LogP contribution < -0.4 is 4.72 Å². The summed E-state index contributed by atoms with van der Waals surface area (Å²) in [5, 5.41) is -0.511. The second kappa shape index (κ2) is 6.01. The summed E-state index contributed by atoms with van der Waals surface area (Å²) in [5.74, 6) is -0.569. The van der Waals surface area contributed by atoms with E-state index in [1.165, 1.54) is 12.3 Å². The predicted octanol–water partition coefficient (Wildman–Crippen LogP) is 3.10. The highest BCUT2D eigenvalue weighted by Crippen LogP contribution is 2.38. The van der Waals surface area contributed by atoms with Gasteiger partial charge in [0.05, 0.1) is 0 Å². The van der Waals surface area contributed by atoms with E-state index in [1.54, 1.807) is 0 Å². The molecule has 21 heavy (non-hydrogen) atoms. The molecule has 2 unspecified atom stereocenters. The van der Waals surface area contributed by atoms with Crippen LogP contribution >= 0.6 is 0 Å². The summed E-state index contributed by atoms with van der Waals surface area (Å²) >= 11 is 0. The molecule has 0 aliphatic heterocycles. The summed E-state index contributed by atoms with van der Waals surface area (Å²) in [7, 11) is -3.92. The van der Waals surface area contributed by atoms with Gasteiger partial charge in [-0.2, -0.15) is 0 Å². The summed E-state index contributed by atoms with van der Waals surface area (Å²) in [6.45, 7) is 6.35. The topological polar surface area (TPSA) is 59.1 Å². The van der Waals surface area contributed by atoms with Crippen molar-refractivity contribution < 1.29 is 12.8 Å². The van der Waals surface area contributed by atoms with E-state index in [0.29, 0.717) is 0 Å². The molecule has 1 N–H and O–H groups in total. The van der Waals surface area contributed by atoms with Crippen LogP contribution in [-0.2, 0) is 10.0 Å². The van der Waals surface area contributed by atoms with Gasteiger partial charge in [-0.1, -0.05) is 33.6 Å². The minimum atomic E-state index is -3.92. The van der Waals surface area contributed by atoms with E-state index in [2.05, 4.69) is 30.5 Å². The molecule has 0 aromatic carbocycles. The molecule has 2 rings (SSSR count). The molecule has 2 atom stereocenters. The molecule has 1 aliphatic carbocycles. The van der Waals surface area contributed by atoms with Crippen LogP contribution in [0.4, 0.5) is 4.39 Å². The Morgan fingerprint density at radius 2 is 1.95 bits per heavy atom. The summed E-state index contributed by atoms with van der Waals surface area (Å²) in [6.07, 6.45) is 5.17. The van der Waals surface area contributed by atoms with Crippen LogP contribution in [0.15, 0.2) is 23.4 Å². The number of rotatable bonds is 3. The van der Waals surface area contributed by atoms with E-state index in [9.17, 15) is 12.8 Å². The number of nitrogens with one attached hydrogen (secondary N) is 1. The molecule has 0 spiro atoms. The van der Waals surface area contributed by atoms with Crippen molar-refractivity contribution in [1.82, 2.24) is 9.71 Å². The summed E-state index contributed by atoms with van der Waals surface area (Å²) in [5.41, 5.74) is 0.0102. The molecule has 0 radical (unpaired) electrons. The quantitative estimate of drug-likeness (QED) is 0.932. The Labute approximate surface area is 126 Å². The standard InChI is InChI=1S/C15H23FN2O2S/c1-15(2,3)11-7-4-5-9-13(11)18-21(19,20)14-12(16)8-6-10-17-14/h6,8,10-11,13,18H,4-5,7,9H2,1-3H3. The Morgan fingerprint density at radius 3 is 2.57 bits per heavy atom. The third-order valence-electron chi connectivity index (χ3n) is 4.16. The zero-order chi connectivity index (χ0) is 15.7. The Kier molecular flexibility index (Phi) is 4.68. The highest BCUT2D eigenvalue weighted by Gasteiger charge is 2.37. The molecule has 118 valence electrons. The Balaban J connectivity index is 2.25. The average Bonchev–Trinajstić information content (AvgIpc) is 2.38. The first-order valence-electron chi connectivity index (χ1n) is 7.34. The number of hydrogen-bond acceptors (Lipinski definition) is 3. The van der Waals surface area contributed by atoms with Crippen LogP contribution in [-0.4, -0.2) is 19.4 Å². The fourth-order valence-corrected chi connectivity index (χ4v) is 4.45. The van der Waals surface area contributed by atoms with E-state index in [-0.39, 0.29) is 17.4 Å². The zero-order valence-electron chi connectivity index (χ0n) is 12.8. The maximum atomic E-state index is 13.7. The molecular weight excluding hydrogens is 291 g/mol. The van der Waals surface area contributed by atoms with E-state index in [0.717, 1.165) is 31.7 Å². The first-order chi connectivity index (χ1) is 9.72. The van der Waals surface area contributed by atoms with Crippen molar-refractivity contribution in [2.75, 3.05) is 0 Å². The van der Waals surface area contributed by atoms with E-state index in [4.69, 9.17) is 0 Å². The minimum absolute atomic E-state index is 0.0102. The number of hydrogen-bond donors (Lipinski definition) is 1. The van der Waals surface area contributed by atoms with Crippen molar-refractivity contribution in [2.45, 2.75) is 57.5 Å². The maximum absolute atomic E-state index is 13.7. The van der Waals surface area contributed by atoms with Crippen molar-refractivity contribution in [2.24, 2.45) is 11.3 Å². The maximum Gasteiger partial charge on any atom is 0.261 e. The second-order valence-corrected chi connectivity index (χ2v) is 8.40. The molecule has 0 amide bonds. The molecule has 0 bridgehead atoms. The van der Waals surface area contributed by atoms with Crippen molar-refractivity contribution in [3.8, 4) is 0 Å². The van der Waals surface area contributed by atoms with Crippen molar-refractivity contribution >= 4 is 10.0 Å². The molecule has 4 nitrogen and oxygen atoms in total. The molecule has 1 saturated carbocycles. The highest BCUT2D eigenvalue weighted by atomic mass is 32.2. The third kappa shape index (κ3) is 3.80. The van der Waals surface area contributed by atoms with Gasteiger partial charge in [0.15, 0.2) is 5.82 Å². The van der Waals surface area contributed by atoms with Crippen LogP contribution in [0.25, 0.3) is 0 Å². The van der Waals surface area contributed by atoms with Crippen LogP contribution in [0.2, 0.25) is 0 Å². The van der Waals surface area contributed by atoms with E-state index >= 15 is 0 Å². The lowest BCUT2D eigenvalue weighted by Crippen LogP contribution is -2.46. The lowest BCUT2D eigenvalue weighted by Gasteiger charge is -2.40. The van der Waals surface area contributed by atoms with Gasteiger partial charge in [0.2, 0.25) is 5.03 Å². The average molecular weight is 314 g/mol. The van der Waals surface area contributed by atoms with Crippen LogP contribution in [0.5, 0.6) is 0 Å². The van der Waals surface area contributed by atoms with E-state index < -0.39 is 20.9 Å². The first-order valence-corrected chi connectivity index (χ1v) is 8.83. The highest BCUT2D eigenvalue weighted by molar-refractivity contribution is 7.89. The molecule has 6 heteroatoms. The van der Waals surface area contributed by atoms with Gasteiger partial charge in [-0.05, 0) is 36.3 Å². The van der Waals surface area contributed by atoms with Gasteiger partial charge < -0.3 is 0 Å². The van der Waals surface area contributed by atoms with Gasteiger partial charge in [-0.15, -0.1) is 0 Å². The first kappa shape index (κ1) is 16.4. The Morgan fingerprint density at radius 1 is 1.29 bits per heavy atom. The Bertz CT molecular complexity index is 596. The summed E-state index contributed by atoms with van der Waals surface area (Å²) < 4.78 is 41.1. The van der Waals surface area contributed by atoms with Crippen LogP contribution in [0, 0.1) is 17.2 Å². The van der Waals surface area contributed by atoms with Crippen LogP contribution in [0.3, 0.4) is 0 Å². The molecule has 1 aromatic heterocycles. The lowest BCUT2D eigenvalue weighted by atomic mass is 9.70. The molecule has 1 aliphatic rings. The monoisotopic (exact) mass is 314 g/mol. The number of halogens is 1. The largest absolute Gasteiger partial charge is 0.261 e. The number of pyridine rings is 1. The van der Waals surface area contributed by atoms with Crippen molar-refractivity contribution in [3.63, 3.8) is 0 Å². The molecule has 1 heterocycles. The van der Waals surface area contributed by atoms with Gasteiger partial charge in [0.1, 0.15) is 0 Å². The molecule has 1 aromatic rings. The van der Waals surface area contributed by atoms with E-state index in [1.807, 2.05) is 0 Å². The number of nitrogens with zero attached hydrogens (tertiary/aromatic N) is 1. The SMILES string of the molecule is CC(C)(C)C1CCCCC1NS(=O)(=O)c1ncccc1F. The molecule has 0 saturated heterocycles. The van der Waals surface area contributed by atoms with Gasteiger partial charge in [0.25, 0.3) is 10.0 Å². The zero-order valence-corrected chi connectivity index (χ0v) is 13.6. The smallest absolute Gasteiger partial charge is 0.241 e. The molecular formula is C15H23FN2O2S. The normalized spacial score (nSPS) is 24.0. The Hall–Kier alpha value is -1.01. The van der Waals surface area contributed by atoms with Crippen molar-refractivity contribution in [3.05, 3.63) is 24.1 Å².